The first kappa shape index (κ1) is 20.6. The first-order chi connectivity index (χ1) is 12.4. The molecule has 2 aromatic rings. The zero-order chi connectivity index (χ0) is 20.5. The number of nitrogen functional groups attached to an aromatic ring is 1. The molecule has 3 nitrogen and oxygen atoms in total. The molecule has 0 aliphatic rings. The minimum atomic E-state index is -5.95. The number of alkyl halides is 6. The highest BCUT2D eigenvalue weighted by Crippen LogP contribution is 2.53. The summed E-state index contributed by atoms with van der Waals surface area (Å²) in [6, 6.07) is 10.2. The van der Waals surface area contributed by atoms with Gasteiger partial charge in [-0.05, 0) is 24.6 Å². The van der Waals surface area contributed by atoms with E-state index in [9.17, 15) is 31.1 Å². The highest BCUT2D eigenvalue weighted by atomic mass is 19.4. The fraction of sp³-hybridized carbons (Fsp3) is 0.278. The van der Waals surface area contributed by atoms with E-state index < -0.39 is 35.4 Å². The lowest BCUT2D eigenvalue weighted by molar-refractivity contribution is -0.378. The maximum Gasteiger partial charge on any atom is 0.442 e. The normalized spacial score (nSPS) is 13.9. The predicted octanol–water partition coefficient (Wildman–Crippen LogP) is 4.94. The highest BCUT2D eigenvalue weighted by Gasteiger charge is 2.75. The Morgan fingerprint density at radius 1 is 0.889 bits per heavy atom. The zero-order valence-corrected chi connectivity index (χ0v) is 13.9. The van der Waals surface area contributed by atoms with Crippen LogP contribution in [-0.4, -0.2) is 18.3 Å². The summed E-state index contributed by atoms with van der Waals surface area (Å²) in [5.41, 5.74) is -0.575. The van der Waals surface area contributed by atoms with Gasteiger partial charge in [-0.25, -0.2) is 0 Å². The van der Waals surface area contributed by atoms with E-state index in [0.717, 1.165) is 19.1 Å². The number of hydrogen-bond acceptors (Lipinski definition) is 3. The lowest BCUT2D eigenvalue weighted by atomic mass is 9.91. The first-order valence-electron chi connectivity index (χ1n) is 7.67. The molecule has 146 valence electrons. The van der Waals surface area contributed by atoms with E-state index in [1.54, 1.807) is 6.07 Å². The Balaban J connectivity index is 2.56. The standard InChI is InChI=1S/C18H15F6NO2/c1-11(12-5-3-2-4-6-12)15(26)27-16(17(19,20)21,18(22,23)24)13-7-9-14(25)10-8-13/h2-11H,25H2,1H3. The third-order valence-corrected chi connectivity index (χ3v) is 4.02. The summed E-state index contributed by atoms with van der Waals surface area (Å²) in [4.78, 5) is 12.2. The van der Waals surface area contributed by atoms with Gasteiger partial charge >= 0.3 is 23.9 Å². The molecule has 0 saturated carbocycles. The number of benzene rings is 2. The Hall–Kier alpha value is -2.71. The Labute approximate surface area is 150 Å². The number of ether oxygens (including phenoxy) is 1. The number of nitrogens with two attached hydrogens (primary N) is 1. The van der Waals surface area contributed by atoms with Crippen LogP contribution in [0.3, 0.4) is 0 Å². The molecular weight excluding hydrogens is 376 g/mol. The van der Waals surface area contributed by atoms with Crippen LogP contribution in [0.1, 0.15) is 24.0 Å². The topological polar surface area (TPSA) is 52.3 Å². The smallest absolute Gasteiger partial charge is 0.434 e. The van der Waals surface area contributed by atoms with Crippen LogP contribution in [-0.2, 0) is 15.1 Å². The van der Waals surface area contributed by atoms with Crippen LogP contribution in [0.5, 0.6) is 0 Å². The summed E-state index contributed by atoms with van der Waals surface area (Å²) < 4.78 is 86.1. The van der Waals surface area contributed by atoms with E-state index in [2.05, 4.69) is 4.74 Å². The van der Waals surface area contributed by atoms with Gasteiger partial charge in [0.15, 0.2) is 0 Å². The van der Waals surface area contributed by atoms with Gasteiger partial charge in [-0.2, -0.15) is 26.3 Å². The van der Waals surface area contributed by atoms with Crippen molar-refractivity contribution in [3.05, 3.63) is 65.7 Å². The van der Waals surface area contributed by atoms with Crippen molar-refractivity contribution < 1.29 is 35.9 Å². The van der Waals surface area contributed by atoms with Gasteiger partial charge in [0.25, 0.3) is 0 Å². The van der Waals surface area contributed by atoms with E-state index >= 15 is 0 Å². The summed E-state index contributed by atoms with van der Waals surface area (Å²) in [6.45, 7) is 1.16. The van der Waals surface area contributed by atoms with Crippen LogP contribution >= 0.6 is 0 Å². The van der Waals surface area contributed by atoms with E-state index in [-0.39, 0.29) is 11.3 Å². The van der Waals surface area contributed by atoms with Crippen molar-refractivity contribution in [1.29, 1.82) is 0 Å². The van der Waals surface area contributed by atoms with Gasteiger partial charge in [-0.3, -0.25) is 4.79 Å². The van der Waals surface area contributed by atoms with Crippen molar-refractivity contribution >= 4 is 11.7 Å². The molecule has 1 atom stereocenters. The molecule has 0 aliphatic carbocycles. The molecule has 1 unspecified atom stereocenters. The molecule has 2 N–H and O–H groups in total. The maximum absolute atomic E-state index is 13.7. The zero-order valence-electron chi connectivity index (χ0n) is 13.9. The number of hydrogen-bond donors (Lipinski definition) is 1. The van der Waals surface area contributed by atoms with Gasteiger partial charge in [0.05, 0.1) is 5.92 Å². The Kier molecular flexibility index (Phi) is 5.44. The van der Waals surface area contributed by atoms with Gasteiger partial charge in [-0.1, -0.05) is 42.5 Å². The Bertz CT molecular complexity index is 770. The number of rotatable bonds is 4. The van der Waals surface area contributed by atoms with E-state index in [0.29, 0.717) is 12.1 Å². The Morgan fingerprint density at radius 3 is 1.81 bits per heavy atom. The molecule has 0 heterocycles. The van der Waals surface area contributed by atoms with Crippen molar-refractivity contribution in [2.45, 2.75) is 30.8 Å². The van der Waals surface area contributed by atoms with Gasteiger partial charge in [0.2, 0.25) is 0 Å². The lowest BCUT2D eigenvalue weighted by Crippen LogP contribution is -2.57. The van der Waals surface area contributed by atoms with E-state index in [1.165, 1.54) is 24.3 Å². The van der Waals surface area contributed by atoms with Crippen molar-refractivity contribution in [2.24, 2.45) is 0 Å². The van der Waals surface area contributed by atoms with Gasteiger partial charge in [-0.15, -0.1) is 0 Å². The number of carbonyl (C=O) groups is 1. The Morgan fingerprint density at radius 2 is 1.37 bits per heavy atom. The van der Waals surface area contributed by atoms with Crippen LogP contribution in [0.4, 0.5) is 32.0 Å². The summed E-state index contributed by atoms with van der Waals surface area (Å²) in [5.74, 6) is -3.00. The second-order valence-electron chi connectivity index (χ2n) is 5.85. The fourth-order valence-corrected chi connectivity index (χ4v) is 2.50. The van der Waals surface area contributed by atoms with Crippen molar-refractivity contribution in [3.63, 3.8) is 0 Å². The summed E-state index contributed by atoms with van der Waals surface area (Å²) in [5, 5.41) is 0. The average molecular weight is 391 g/mol. The number of esters is 1. The SMILES string of the molecule is CC(C(=O)OC(c1ccc(N)cc1)(C(F)(F)F)C(F)(F)F)c1ccccc1. The van der Waals surface area contributed by atoms with Crippen LogP contribution in [0, 0.1) is 0 Å². The second kappa shape index (κ2) is 7.13. The monoisotopic (exact) mass is 391 g/mol. The average Bonchev–Trinajstić information content (AvgIpc) is 2.58. The molecule has 27 heavy (non-hydrogen) atoms. The number of carbonyl (C=O) groups excluding carboxylic acids is 1. The molecule has 0 aliphatic heterocycles. The summed E-state index contributed by atoms with van der Waals surface area (Å²) in [7, 11) is 0. The van der Waals surface area contributed by atoms with Gasteiger partial charge in [0.1, 0.15) is 0 Å². The maximum atomic E-state index is 13.7. The largest absolute Gasteiger partial charge is 0.442 e. The molecule has 0 aromatic heterocycles. The van der Waals surface area contributed by atoms with Gasteiger partial charge < -0.3 is 10.5 Å². The van der Waals surface area contributed by atoms with Crippen LogP contribution in [0.25, 0.3) is 0 Å². The molecule has 0 amide bonds. The quantitative estimate of drug-likeness (QED) is 0.457. The summed E-state index contributed by atoms with van der Waals surface area (Å²) in [6.07, 6.45) is -11.9. The molecule has 0 radical (unpaired) electrons. The highest BCUT2D eigenvalue weighted by molar-refractivity contribution is 5.78. The van der Waals surface area contributed by atoms with E-state index in [1.807, 2.05) is 0 Å². The molecule has 2 rings (SSSR count). The predicted molar refractivity (Wildman–Crippen MR) is 85.6 cm³/mol. The lowest BCUT2D eigenvalue weighted by Gasteiger charge is -2.37. The molecule has 0 bridgehead atoms. The van der Waals surface area contributed by atoms with Crippen LogP contribution < -0.4 is 5.73 Å². The molecule has 0 spiro atoms. The second-order valence-corrected chi connectivity index (χ2v) is 5.85. The third-order valence-electron chi connectivity index (χ3n) is 4.02. The van der Waals surface area contributed by atoms with Crippen LogP contribution in [0.2, 0.25) is 0 Å². The number of halogens is 6. The molecule has 2 aromatic carbocycles. The molecule has 0 fully saturated rings. The molecule has 0 saturated heterocycles. The minimum absolute atomic E-state index is 0.0408. The van der Waals surface area contributed by atoms with Gasteiger partial charge in [0, 0.05) is 11.3 Å². The molecular formula is C18H15F6NO2. The first-order valence-corrected chi connectivity index (χ1v) is 7.67. The third kappa shape index (κ3) is 3.86. The van der Waals surface area contributed by atoms with Crippen LogP contribution in [0.15, 0.2) is 54.6 Å². The molecule has 9 heteroatoms. The van der Waals surface area contributed by atoms with E-state index in [4.69, 9.17) is 5.73 Å². The van der Waals surface area contributed by atoms with Crippen molar-refractivity contribution in [2.75, 3.05) is 5.73 Å². The fourth-order valence-electron chi connectivity index (χ4n) is 2.50. The van der Waals surface area contributed by atoms with Crippen molar-refractivity contribution in [3.8, 4) is 0 Å². The van der Waals surface area contributed by atoms with Crippen molar-refractivity contribution in [1.82, 2.24) is 0 Å². The summed E-state index contributed by atoms with van der Waals surface area (Å²) >= 11 is 0. The minimum Gasteiger partial charge on any atom is -0.434 e. The number of anilines is 1.